The van der Waals surface area contributed by atoms with E-state index >= 15 is 0 Å². The van der Waals surface area contributed by atoms with Crippen LogP contribution in [-0.4, -0.2) is 43.0 Å². The van der Waals surface area contributed by atoms with Gasteiger partial charge < -0.3 is 14.4 Å². The van der Waals surface area contributed by atoms with Crippen molar-refractivity contribution in [2.75, 3.05) is 26.2 Å². The Kier molecular flexibility index (Phi) is 7.79. The lowest BCUT2D eigenvalue weighted by atomic mass is 9.65. The molecule has 3 heteroatoms. The van der Waals surface area contributed by atoms with Crippen LogP contribution < -0.4 is 0 Å². The van der Waals surface area contributed by atoms with Gasteiger partial charge in [-0.15, -0.1) is 0 Å². The number of hydrogen-bond acceptors (Lipinski definition) is 3. The van der Waals surface area contributed by atoms with Crippen LogP contribution in [0.3, 0.4) is 0 Å². The summed E-state index contributed by atoms with van der Waals surface area (Å²) in [5.74, 6) is 1.00. The topological polar surface area (TPSA) is 21.7 Å². The maximum Gasteiger partial charge on any atom is 0.171 e. The van der Waals surface area contributed by atoms with E-state index in [0.717, 1.165) is 32.0 Å². The van der Waals surface area contributed by atoms with Gasteiger partial charge in [-0.25, -0.2) is 0 Å². The monoisotopic (exact) mass is 353 g/mol. The molecule has 0 radical (unpaired) electrons. The molecule has 1 heterocycles. The molecule has 1 aliphatic carbocycles. The summed E-state index contributed by atoms with van der Waals surface area (Å²) in [5.41, 5.74) is 0.446. The van der Waals surface area contributed by atoms with Crippen molar-refractivity contribution >= 4 is 0 Å². The largest absolute Gasteiger partial charge is 0.347 e. The second-order valence-electron chi connectivity index (χ2n) is 9.22. The van der Waals surface area contributed by atoms with Crippen molar-refractivity contribution in [1.29, 1.82) is 0 Å². The molecule has 4 unspecified atom stereocenters. The standard InChI is InChI=1S/C22H43NO2/c1-7-10-14-23(9-3)16-20-17-24-22(25-20)13-11-19(15-18(22)4)21(5,6)12-8-2/h18-20H,7-17H2,1-6H3. The zero-order valence-electron chi connectivity index (χ0n) is 17.8. The number of rotatable bonds is 9. The predicted octanol–water partition coefficient (Wildman–Crippen LogP) is 5.48. The van der Waals surface area contributed by atoms with Crippen molar-refractivity contribution in [1.82, 2.24) is 4.90 Å². The molecule has 2 rings (SSSR count). The molecule has 0 aromatic heterocycles. The highest BCUT2D eigenvalue weighted by molar-refractivity contribution is 4.94. The van der Waals surface area contributed by atoms with Gasteiger partial charge in [-0.3, -0.25) is 0 Å². The first-order valence-electron chi connectivity index (χ1n) is 10.9. The van der Waals surface area contributed by atoms with E-state index in [1.165, 1.54) is 45.1 Å². The minimum Gasteiger partial charge on any atom is -0.347 e. The van der Waals surface area contributed by atoms with Gasteiger partial charge in [0, 0.05) is 18.9 Å². The first kappa shape index (κ1) is 21.2. The van der Waals surface area contributed by atoms with Gasteiger partial charge >= 0.3 is 0 Å². The molecule has 1 aliphatic heterocycles. The Bertz CT molecular complexity index is 397. The summed E-state index contributed by atoms with van der Waals surface area (Å²) in [6, 6.07) is 0. The molecule has 0 amide bonds. The third kappa shape index (κ3) is 5.20. The quantitative estimate of drug-likeness (QED) is 0.547. The summed E-state index contributed by atoms with van der Waals surface area (Å²) in [6.45, 7) is 18.2. The molecule has 4 atom stereocenters. The summed E-state index contributed by atoms with van der Waals surface area (Å²) >= 11 is 0. The Labute approximate surface area is 156 Å². The molecule has 148 valence electrons. The van der Waals surface area contributed by atoms with Gasteiger partial charge in [0.15, 0.2) is 5.79 Å². The molecular weight excluding hydrogens is 310 g/mol. The highest BCUT2D eigenvalue weighted by Gasteiger charge is 2.50. The smallest absolute Gasteiger partial charge is 0.171 e. The van der Waals surface area contributed by atoms with Crippen molar-refractivity contribution < 1.29 is 9.47 Å². The van der Waals surface area contributed by atoms with Crippen LogP contribution in [-0.2, 0) is 9.47 Å². The molecule has 1 saturated heterocycles. The van der Waals surface area contributed by atoms with Gasteiger partial charge in [0.2, 0.25) is 0 Å². The van der Waals surface area contributed by atoms with E-state index in [9.17, 15) is 0 Å². The Morgan fingerprint density at radius 3 is 2.52 bits per heavy atom. The normalized spacial score (nSPS) is 33.5. The summed E-state index contributed by atoms with van der Waals surface area (Å²) in [6.07, 6.45) is 8.95. The second-order valence-corrected chi connectivity index (χ2v) is 9.22. The summed E-state index contributed by atoms with van der Waals surface area (Å²) in [4.78, 5) is 2.53. The van der Waals surface area contributed by atoms with E-state index in [2.05, 4.69) is 46.4 Å². The van der Waals surface area contributed by atoms with Gasteiger partial charge in [-0.2, -0.15) is 0 Å². The number of unbranched alkanes of at least 4 members (excludes halogenated alkanes) is 1. The Balaban J connectivity index is 1.89. The van der Waals surface area contributed by atoms with Gasteiger partial charge in [-0.05, 0) is 50.1 Å². The lowest BCUT2D eigenvalue weighted by Gasteiger charge is -2.46. The second kappa shape index (κ2) is 9.19. The van der Waals surface area contributed by atoms with Crippen LogP contribution in [0.25, 0.3) is 0 Å². The van der Waals surface area contributed by atoms with Crippen molar-refractivity contribution in [3.63, 3.8) is 0 Å². The predicted molar refractivity (Wildman–Crippen MR) is 106 cm³/mol. The fraction of sp³-hybridized carbons (Fsp3) is 1.00. The van der Waals surface area contributed by atoms with Crippen LogP contribution in [0.4, 0.5) is 0 Å². The highest BCUT2D eigenvalue weighted by atomic mass is 16.7. The first-order valence-corrected chi connectivity index (χ1v) is 10.9. The fourth-order valence-electron chi connectivity index (χ4n) is 5.02. The molecule has 1 saturated carbocycles. The summed E-state index contributed by atoms with van der Waals surface area (Å²) < 4.78 is 12.9. The molecule has 2 aliphatic rings. The van der Waals surface area contributed by atoms with E-state index in [4.69, 9.17) is 9.47 Å². The van der Waals surface area contributed by atoms with E-state index < -0.39 is 0 Å². The molecular formula is C22H43NO2. The van der Waals surface area contributed by atoms with E-state index in [1.807, 2.05) is 0 Å². The molecule has 2 fully saturated rings. The maximum atomic E-state index is 6.57. The van der Waals surface area contributed by atoms with Crippen molar-refractivity contribution in [3.8, 4) is 0 Å². The van der Waals surface area contributed by atoms with Crippen molar-refractivity contribution in [2.24, 2.45) is 17.3 Å². The van der Waals surface area contributed by atoms with Gasteiger partial charge in [0.1, 0.15) is 0 Å². The van der Waals surface area contributed by atoms with E-state index in [0.29, 0.717) is 11.3 Å². The van der Waals surface area contributed by atoms with E-state index in [-0.39, 0.29) is 11.9 Å². The minimum absolute atomic E-state index is 0.249. The van der Waals surface area contributed by atoms with Crippen LogP contribution in [0.1, 0.15) is 86.5 Å². The molecule has 0 N–H and O–H groups in total. The van der Waals surface area contributed by atoms with E-state index in [1.54, 1.807) is 0 Å². The zero-order chi connectivity index (χ0) is 18.5. The summed E-state index contributed by atoms with van der Waals surface area (Å²) in [5, 5.41) is 0. The van der Waals surface area contributed by atoms with Crippen LogP contribution in [0.2, 0.25) is 0 Å². The number of hydrogen-bond donors (Lipinski definition) is 0. The van der Waals surface area contributed by atoms with Gasteiger partial charge in [-0.1, -0.05) is 54.4 Å². The average molecular weight is 354 g/mol. The third-order valence-electron chi connectivity index (χ3n) is 6.85. The van der Waals surface area contributed by atoms with Crippen LogP contribution >= 0.6 is 0 Å². The van der Waals surface area contributed by atoms with Crippen molar-refractivity contribution in [2.45, 2.75) is 98.4 Å². The van der Waals surface area contributed by atoms with Crippen LogP contribution in [0.5, 0.6) is 0 Å². The van der Waals surface area contributed by atoms with Gasteiger partial charge in [0.05, 0.1) is 12.7 Å². The molecule has 0 aromatic rings. The highest BCUT2D eigenvalue weighted by Crippen LogP contribution is 2.50. The maximum absolute atomic E-state index is 6.57. The molecule has 1 spiro atoms. The number of ether oxygens (including phenoxy) is 2. The zero-order valence-corrected chi connectivity index (χ0v) is 17.8. The lowest BCUT2D eigenvalue weighted by Crippen LogP contribution is -2.46. The third-order valence-corrected chi connectivity index (χ3v) is 6.85. The summed E-state index contributed by atoms with van der Waals surface area (Å²) in [7, 11) is 0. The molecule has 0 bridgehead atoms. The average Bonchev–Trinajstić information content (AvgIpc) is 2.98. The van der Waals surface area contributed by atoms with Crippen LogP contribution in [0.15, 0.2) is 0 Å². The minimum atomic E-state index is -0.298. The van der Waals surface area contributed by atoms with Gasteiger partial charge in [0.25, 0.3) is 0 Å². The fourth-order valence-corrected chi connectivity index (χ4v) is 5.02. The number of nitrogens with zero attached hydrogens (tertiary/aromatic N) is 1. The molecule has 3 nitrogen and oxygen atoms in total. The molecule has 0 aromatic carbocycles. The first-order chi connectivity index (χ1) is 11.9. The lowest BCUT2D eigenvalue weighted by molar-refractivity contribution is -0.228. The number of likely N-dealkylation sites (N-methyl/N-ethyl adjacent to an activating group) is 1. The molecule has 25 heavy (non-hydrogen) atoms. The Morgan fingerprint density at radius 1 is 1.16 bits per heavy atom. The van der Waals surface area contributed by atoms with Crippen LogP contribution in [0, 0.1) is 17.3 Å². The SMILES string of the molecule is CCCCN(CC)CC1COC2(CCC(C(C)(C)CCC)CC2C)O1. The van der Waals surface area contributed by atoms with Crippen molar-refractivity contribution in [3.05, 3.63) is 0 Å². The Hall–Kier alpha value is -0.120. The Morgan fingerprint density at radius 2 is 1.92 bits per heavy atom.